The number of benzene rings is 1. The maximum atomic E-state index is 11.9. The highest BCUT2D eigenvalue weighted by molar-refractivity contribution is 5.91. The Morgan fingerprint density at radius 1 is 1.24 bits per heavy atom. The lowest BCUT2D eigenvalue weighted by Crippen LogP contribution is -2.42. The topological polar surface area (TPSA) is 55.4 Å². The molecular formula is C17H21NO3. The summed E-state index contributed by atoms with van der Waals surface area (Å²) in [6.45, 7) is 3.89. The minimum Gasteiger partial charge on any atom is -0.464 e. The van der Waals surface area contributed by atoms with E-state index in [0.717, 1.165) is 5.56 Å². The molecule has 4 nitrogen and oxygen atoms in total. The number of hydrogen-bond acceptors (Lipinski definition) is 3. The summed E-state index contributed by atoms with van der Waals surface area (Å²) in [4.78, 5) is 23.7. The Morgan fingerprint density at radius 2 is 1.95 bits per heavy atom. The fourth-order valence-electron chi connectivity index (χ4n) is 1.76. The molecule has 0 fully saturated rings. The molecule has 4 heteroatoms. The first kappa shape index (κ1) is 16.7. The number of nitrogens with one attached hydrogen (secondary N) is 1. The SMILES string of the molecule is CC=CC=CC(=O)NC(Cc1ccccc1)C(=O)OCC. The van der Waals surface area contributed by atoms with Crippen molar-refractivity contribution in [3.63, 3.8) is 0 Å². The lowest BCUT2D eigenvalue weighted by molar-refractivity contribution is -0.146. The molecule has 0 aromatic heterocycles. The van der Waals surface area contributed by atoms with E-state index in [0.29, 0.717) is 6.42 Å². The van der Waals surface area contributed by atoms with Crippen LogP contribution in [0.1, 0.15) is 19.4 Å². The van der Waals surface area contributed by atoms with Crippen LogP contribution in [0.5, 0.6) is 0 Å². The molecule has 0 saturated carbocycles. The van der Waals surface area contributed by atoms with E-state index in [-0.39, 0.29) is 12.5 Å². The van der Waals surface area contributed by atoms with Crippen molar-refractivity contribution in [3.05, 3.63) is 60.2 Å². The van der Waals surface area contributed by atoms with E-state index in [9.17, 15) is 9.59 Å². The van der Waals surface area contributed by atoms with E-state index in [2.05, 4.69) is 5.32 Å². The van der Waals surface area contributed by atoms with Crippen molar-refractivity contribution < 1.29 is 14.3 Å². The highest BCUT2D eigenvalue weighted by atomic mass is 16.5. The Kier molecular flexibility index (Phi) is 7.58. The van der Waals surface area contributed by atoms with Gasteiger partial charge >= 0.3 is 5.97 Å². The Hall–Kier alpha value is -2.36. The molecule has 0 saturated heterocycles. The van der Waals surface area contributed by atoms with Gasteiger partial charge in [-0.3, -0.25) is 4.79 Å². The molecule has 112 valence electrons. The summed E-state index contributed by atoms with van der Waals surface area (Å²) in [5.41, 5.74) is 0.966. The molecule has 0 spiro atoms. The number of allylic oxidation sites excluding steroid dienone is 3. The summed E-state index contributed by atoms with van der Waals surface area (Å²) in [6.07, 6.45) is 6.98. The summed E-state index contributed by atoms with van der Waals surface area (Å²) in [5, 5.41) is 2.67. The second kappa shape index (κ2) is 9.53. The second-order valence-electron chi connectivity index (χ2n) is 4.39. The van der Waals surface area contributed by atoms with Gasteiger partial charge in [-0.25, -0.2) is 4.79 Å². The highest BCUT2D eigenvalue weighted by Gasteiger charge is 2.21. The second-order valence-corrected chi connectivity index (χ2v) is 4.39. The molecule has 1 amide bonds. The van der Waals surface area contributed by atoms with E-state index in [1.165, 1.54) is 6.08 Å². The summed E-state index contributed by atoms with van der Waals surface area (Å²) in [6, 6.07) is 8.83. The molecule has 1 aromatic rings. The smallest absolute Gasteiger partial charge is 0.328 e. The number of rotatable bonds is 7. The van der Waals surface area contributed by atoms with Crippen LogP contribution in [0.3, 0.4) is 0 Å². The van der Waals surface area contributed by atoms with Crippen LogP contribution in [0.25, 0.3) is 0 Å². The predicted molar refractivity (Wildman–Crippen MR) is 82.7 cm³/mol. The molecular weight excluding hydrogens is 266 g/mol. The summed E-state index contributed by atoms with van der Waals surface area (Å²) in [7, 11) is 0. The molecule has 1 N–H and O–H groups in total. The number of esters is 1. The van der Waals surface area contributed by atoms with Crippen LogP contribution < -0.4 is 5.32 Å². The maximum Gasteiger partial charge on any atom is 0.328 e. The van der Waals surface area contributed by atoms with Crippen LogP contribution in [-0.4, -0.2) is 24.5 Å². The monoisotopic (exact) mass is 287 g/mol. The first-order valence-electron chi connectivity index (χ1n) is 6.97. The molecule has 0 bridgehead atoms. The number of amides is 1. The molecule has 0 aliphatic heterocycles. The van der Waals surface area contributed by atoms with Gasteiger partial charge in [0.05, 0.1) is 6.61 Å². The third-order valence-electron chi connectivity index (χ3n) is 2.72. The van der Waals surface area contributed by atoms with Crippen molar-refractivity contribution in [2.75, 3.05) is 6.61 Å². The van der Waals surface area contributed by atoms with Gasteiger partial charge in [-0.05, 0) is 19.4 Å². The Bertz CT molecular complexity index is 506. The minimum absolute atomic E-state index is 0.286. The first-order chi connectivity index (χ1) is 10.2. The number of carbonyl (C=O) groups excluding carboxylic acids is 2. The van der Waals surface area contributed by atoms with Gasteiger partial charge in [0.2, 0.25) is 5.91 Å². The van der Waals surface area contributed by atoms with Gasteiger partial charge in [-0.2, -0.15) is 0 Å². The van der Waals surface area contributed by atoms with Crippen molar-refractivity contribution in [2.45, 2.75) is 26.3 Å². The predicted octanol–water partition coefficient (Wildman–Crippen LogP) is 2.41. The van der Waals surface area contributed by atoms with E-state index >= 15 is 0 Å². The van der Waals surface area contributed by atoms with E-state index in [1.54, 1.807) is 19.1 Å². The third kappa shape index (κ3) is 6.56. The van der Waals surface area contributed by atoms with Gasteiger partial charge in [0.1, 0.15) is 6.04 Å². The van der Waals surface area contributed by atoms with E-state index < -0.39 is 12.0 Å². The molecule has 1 unspecified atom stereocenters. The molecule has 1 atom stereocenters. The Labute approximate surface area is 125 Å². The Morgan fingerprint density at radius 3 is 2.57 bits per heavy atom. The van der Waals surface area contributed by atoms with Crippen molar-refractivity contribution >= 4 is 11.9 Å². The van der Waals surface area contributed by atoms with Crippen LogP contribution in [0.4, 0.5) is 0 Å². The van der Waals surface area contributed by atoms with Gasteiger partial charge < -0.3 is 10.1 Å². The fourth-order valence-corrected chi connectivity index (χ4v) is 1.76. The average Bonchev–Trinajstić information content (AvgIpc) is 2.48. The maximum absolute atomic E-state index is 11.9. The van der Waals surface area contributed by atoms with Gasteiger partial charge in [0, 0.05) is 12.5 Å². The zero-order valence-electron chi connectivity index (χ0n) is 12.4. The first-order valence-corrected chi connectivity index (χ1v) is 6.97. The molecule has 1 rings (SSSR count). The third-order valence-corrected chi connectivity index (χ3v) is 2.72. The minimum atomic E-state index is -0.685. The number of hydrogen-bond donors (Lipinski definition) is 1. The van der Waals surface area contributed by atoms with Crippen molar-refractivity contribution in [2.24, 2.45) is 0 Å². The van der Waals surface area contributed by atoms with Crippen molar-refractivity contribution in [1.82, 2.24) is 5.32 Å². The largest absolute Gasteiger partial charge is 0.464 e. The molecule has 0 aliphatic rings. The Balaban J connectivity index is 2.73. The summed E-state index contributed by atoms with van der Waals surface area (Å²) < 4.78 is 5.01. The zero-order chi connectivity index (χ0) is 15.5. The molecule has 0 heterocycles. The van der Waals surface area contributed by atoms with Crippen LogP contribution in [-0.2, 0) is 20.7 Å². The van der Waals surface area contributed by atoms with Crippen molar-refractivity contribution in [3.8, 4) is 0 Å². The lowest BCUT2D eigenvalue weighted by atomic mass is 10.1. The molecule has 0 radical (unpaired) electrons. The number of carbonyl (C=O) groups is 2. The van der Waals surface area contributed by atoms with E-state index in [4.69, 9.17) is 4.74 Å². The fraction of sp³-hybridized carbons (Fsp3) is 0.294. The molecule has 1 aromatic carbocycles. The standard InChI is InChI=1S/C17H21NO3/c1-3-5-7-12-16(19)18-15(17(20)21-4-2)13-14-10-8-6-9-11-14/h3,5-12,15H,4,13H2,1-2H3,(H,18,19). The van der Waals surface area contributed by atoms with Gasteiger partial charge in [-0.1, -0.05) is 48.6 Å². The summed E-state index contributed by atoms with van der Waals surface area (Å²) >= 11 is 0. The average molecular weight is 287 g/mol. The van der Waals surface area contributed by atoms with Gasteiger partial charge in [0.25, 0.3) is 0 Å². The zero-order valence-corrected chi connectivity index (χ0v) is 12.4. The lowest BCUT2D eigenvalue weighted by Gasteiger charge is -2.16. The summed E-state index contributed by atoms with van der Waals surface area (Å²) in [5.74, 6) is -0.740. The number of ether oxygens (including phenoxy) is 1. The van der Waals surface area contributed by atoms with Crippen LogP contribution in [0, 0.1) is 0 Å². The van der Waals surface area contributed by atoms with Crippen LogP contribution in [0.15, 0.2) is 54.6 Å². The van der Waals surface area contributed by atoms with Crippen molar-refractivity contribution in [1.29, 1.82) is 0 Å². The van der Waals surface area contributed by atoms with Gasteiger partial charge in [0.15, 0.2) is 0 Å². The molecule has 21 heavy (non-hydrogen) atoms. The normalized spacial score (nSPS) is 12.5. The van der Waals surface area contributed by atoms with Crippen LogP contribution in [0.2, 0.25) is 0 Å². The quantitative estimate of drug-likeness (QED) is 0.476. The van der Waals surface area contributed by atoms with Crippen LogP contribution >= 0.6 is 0 Å². The van der Waals surface area contributed by atoms with Gasteiger partial charge in [-0.15, -0.1) is 0 Å². The highest BCUT2D eigenvalue weighted by Crippen LogP contribution is 2.05. The molecule has 0 aliphatic carbocycles. The van der Waals surface area contributed by atoms with E-state index in [1.807, 2.05) is 43.3 Å².